The van der Waals surface area contributed by atoms with Gasteiger partial charge < -0.3 is 10.6 Å². The summed E-state index contributed by atoms with van der Waals surface area (Å²) in [6.45, 7) is 3.01. The van der Waals surface area contributed by atoms with Crippen molar-refractivity contribution in [3.8, 4) is 0 Å². The second kappa shape index (κ2) is 7.60. The molecule has 0 radical (unpaired) electrons. The quantitative estimate of drug-likeness (QED) is 0.451. The maximum absolute atomic E-state index is 13.3. The van der Waals surface area contributed by atoms with Crippen LogP contribution in [0.2, 0.25) is 0 Å². The lowest BCUT2D eigenvalue weighted by molar-refractivity contribution is -0.384. The Labute approximate surface area is 151 Å². The minimum Gasteiger partial charge on any atom is -0.368 e. The lowest BCUT2D eigenvalue weighted by Gasteiger charge is -2.17. The van der Waals surface area contributed by atoms with Crippen molar-refractivity contribution in [2.75, 3.05) is 10.6 Å². The van der Waals surface area contributed by atoms with E-state index < -0.39 is 40.1 Å². The lowest BCUT2D eigenvalue weighted by Crippen LogP contribution is -2.32. The molecule has 27 heavy (non-hydrogen) atoms. The standard InChI is InChI=1S/C17H15F4N3O3/c1-9-3-5-12(18)8-14(9)23-16(25)10(2)22-13-6-4-11(17(19,20)21)7-15(13)24(26)27/h3-8,10,22H,1-2H3,(H,23,25)/t10-/m0/s1. The molecule has 2 N–H and O–H groups in total. The third kappa shape index (κ3) is 4.93. The molecule has 6 nitrogen and oxygen atoms in total. The van der Waals surface area contributed by atoms with E-state index in [-0.39, 0.29) is 11.4 Å². The molecular formula is C17H15F4N3O3. The Kier molecular flexibility index (Phi) is 5.67. The van der Waals surface area contributed by atoms with Gasteiger partial charge in [0.25, 0.3) is 5.69 Å². The fourth-order valence-electron chi connectivity index (χ4n) is 2.25. The van der Waals surface area contributed by atoms with Gasteiger partial charge in [0.05, 0.1) is 10.5 Å². The van der Waals surface area contributed by atoms with Crippen LogP contribution < -0.4 is 10.6 Å². The number of nitro groups is 1. The first kappa shape index (κ1) is 20.1. The summed E-state index contributed by atoms with van der Waals surface area (Å²) >= 11 is 0. The van der Waals surface area contributed by atoms with Crippen molar-refractivity contribution in [3.05, 3.63) is 63.5 Å². The number of nitrogens with one attached hydrogen (secondary N) is 2. The van der Waals surface area contributed by atoms with Crippen molar-refractivity contribution in [2.45, 2.75) is 26.1 Å². The van der Waals surface area contributed by atoms with Crippen LogP contribution in [0.1, 0.15) is 18.1 Å². The Bertz CT molecular complexity index is 884. The SMILES string of the molecule is Cc1ccc(F)cc1NC(=O)[C@H](C)Nc1ccc(C(F)(F)F)cc1[N+](=O)[O-]. The number of carbonyl (C=O) groups is 1. The van der Waals surface area contributed by atoms with Gasteiger partial charge in [-0.3, -0.25) is 14.9 Å². The van der Waals surface area contributed by atoms with Crippen LogP contribution in [-0.4, -0.2) is 16.9 Å². The maximum Gasteiger partial charge on any atom is 0.416 e. The summed E-state index contributed by atoms with van der Waals surface area (Å²) in [5, 5.41) is 16.1. The average molecular weight is 385 g/mol. The first-order valence-corrected chi connectivity index (χ1v) is 7.68. The summed E-state index contributed by atoms with van der Waals surface area (Å²) in [7, 11) is 0. The van der Waals surface area contributed by atoms with E-state index in [1.54, 1.807) is 6.92 Å². The molecule has 10 heteroatoms. The van der Waals surface area contributed by atoms with E-state index in [0.29, 0.717) is 17.7 Å². The smallest absolute Gasteiger partial charge is 0.368 e. The first-order valence-electron chi connectivity index (χ1n) is 7.68. The highest BCUT2D eigenvalue weighted by molar-refractivity contribution is 5.97. The molecule has 0 saturated heterocycles. The molecule has 1 atom stereocenters. The number of aryl methyl sites for hydroxylation is 1. The number of benzene rings is 2. The number of amides is 1. The number of rotatable bonds is 5. The Hall–Kier alpha value is -3.17. The number of nitro benzene ring substituents is 1. The van der Waals surface area contributed by atoms with E-state index >= 15 is 0 Å². The van der Waals surface area contributed by atoms with Crippen LogP contribution in [-0.2, 0) is 11.0 Å². The predicted octanol–water partition coefficient (Wildman–Crippen LogP) is 4.50. The Morgan fingerprint density at radius 2 is 1.81 bits per heavy atom. The van der Waals surface area contributed by atoms with Crippen LogP contribution in [0.15, 0.2) is 36.4 Å². The third-order valence-electron chi connectivity index (χ3n) is 3.74. The normalized spacial score (nSPS) is 12.4. The van der Waals surface area contributed by atoms with Gasteiger partial charge in [-0.2, -0.15) is 13.2 Å². The number of halogens is 4. The third-order valence-corrected chi connectivity index (χ3v) is 3.74. The summed E-state index contributed by atoms with van der Waals surface area (Å²) in [5.41, 5.74) is -1.42. The number of nitrogens with zero attached hydrogens (tertiary/aromatic N) is 1. The monoisotopic (exact) mass is 385 g/mol. The average Bonchev–Trinajstić information content (AvgIpc) is 2.57. The second-order valence-corrected chi connectivity index (χ2v) is 5.80. The van der Waals surface area contributed by atoms with Gasteiger partial charge in [0, 0.05) is 11.8 Å². The molecule has 0 saturated carbocycles. The highest BCUT2D eigenvalue weighted by Crippen LogP contribution is 2.35. The van der Waals surface area contributed by atoms with Crippen LogP contribution in [0.25, 0.3) is 0 Å². The summed E-state index contributed by atoms with van der Waals surface area (Å²) in [6.07, 6.45) is -4.73. The largest absolute Gasteiger partial charge is 0.416 e. The van der Waals surface area contributed by atoms with E-state index in [1.165, 1.54) is 19.1 Å². The Morgan fingerprint density at radius 3 is 2.41 bits per heavy atom. The number of anilines is 2. The van der Waals surface area contributed by atoms with E-state index in [9.17, 15) is 32.5 Å². The fourth-order valence-corrected chi connectivity index (χ4v) is 2.25. The lowest BCUT2D eigenvalue weighted by atomic mass is 10.1. The van der Waals surface area contributed by atoms with Gasteiger partial charge in [0.15, 0.2) is 0 Å². The van der Waals surface area contributed by atoms with Crippen molar-refractivity contribution in [1.82, 2.24) is 0 Å². The molecule has 144 valence electrons. The molecule has 2 rings (SSSR count). The van der Waals surface area contributed by atoms with Crippen LogP contribution in [0, 0.1) is 22.9 Å². The van der Waals surface area contributed by atoms with Crippen LogP contribution >= 0.6 is 0 Å². The number of alkyl halides is 3. The van der Waals surface area contributed by atoms with Crippen molar-refractivity contribution in [2.24, 2.45) is 0 Å². The van der Waals surface area contributed by atoms with Gasteiger partial charge >= 0.3 is 6.18 Å². The van der Waals surface area contributed by atoms with Crippen molar-refractivity contribution >= 4 is 23.0 Å². The molecule has 0 bridgehead atoms. The first-order chi connectivity index (χ1) is 12.5. The predicted molar refractivity (Wildman–Crippen MR) is 90.9 cm³/mol. The van der Waals surface area contributed by atoms with E-state index in [2.05, 4.69) is 10.6 Å². The maximum atomic E-state index is 13.3. The molecule has 1 amide bonds. The summed E-state index contributed by atoms with van der Waals surface area (Å²) in [6, 6.07) is 4.71. The van der Waals surface area contributed by atoms with Crippen LogP contribution in [0.5, 0.6) is 0 Å². The van der Waals surface area contributed by atoms with Crippen LogP contribution in [0.3, 0.4) is 0 Å². The van der Waals surface area contributed by atoms with Gasteiger partial charge in [-0.05, 0) is 43.7 Å². The van der Waals surface area contributed by atoms with Gasteiger partial charge in [0.2, 0.25) is 5.91 Å². The number of carbonyl (C=O) groups excluding carboxylic acids is 1. The second-order valence-electron chi connectivity index (χ2n) is 5.80. The van der Waals surface area contributed by atoms with Gasteiger partial charge in [-0.15, -0.1) is 0 Å². The molecule has 2 aromatic rings. The molecule has 0 aliphatic heterocycles. The highest BCUT2D eigenvalue weighted by atomic mass is 19.4. The molecule has 0 aliphatic rings. The molecule has 0 spiro atoms. The van der Waals surface area contributed by atoms with Crippen molar-refractivity contribution in [1.29, 1.82) is 0 Å². The zero-order valence-corrected chi connectivity index (χ0v) is 14.2. The summed E-state index contributed by atoms with van der Waals surface area (Å²) in [4.78, 5) is 22.3. The zero-order chi connectivity index (χ0) is 20.4. The molecule has 0 aliphatic carbocycles. The van der Waals surface area contributed by atoms with Gasteiger partial charge in [-0.25, -0.2) is 4.39 Å². The van der Waals surface area contributed by atoms with E-state index in [0.717, 1.165) is 12.1 Å². The molecule has 0 aromatic heterocycles. The van der Waals surface area contributed by atoms with Crippen molar-refractivity contribution in [3.63, 3.8) is 0 Å². The fraction of sp³-hybridized carbons (Fsp3) is 0.235. The summed E-state index contributed by atoms with van der Waals surface area (Å²) in [5.74, 6) is -1.20. The minimum atomic E-state index is -4.73. The summed E-state index contributed by atoms with van der Waals surface area (Å²) < 4.78 is 51.5. The Morgan fingerprint density at radius 1 is 1.15 bits per heavy atom. The molecule has 0 unspecified atom stereocenters. The zero-order valence-electron chi connectivity index (χ0n) is 14.2. The highest BCUT2D eigenvalue weighted by Gasteiger charge is 2.33. The number of hydrogen-bond donors (Lipinski definition) is 2. The minimum absolute atomic E-state index is 0.218. The molecule has 0 fully saturated rings. The molecule has 2 aromatic carbocycles. The topological polar surface area (TPSA) is 84.3 Å². The van der Waals surface area contributed by atoms with Crippen LogP contribution in [0.4, 0.5) is 34.6 Å². The van der Waals surface area contributed by atoms with Gasteiger partial charge in [0.1, 0.15) is 17.5 Å². The molecule has 0 heterocycles. The van der Waals surface area contributed by atoms with E-state index in [4.69, 9.17) is 0 Å². The molecular weight excluding hydrogens is 370 g/mol. The number of hydrogen-bond acceptors (Lipinski definition) is 4. The van der Waals surface area contributed by atoms with Crippen molar-refractivity contribution < 1.29 is 27.3 Å². The van der Waals surface area contributed by atoms with E-state index in [1.807, 2.05) is 0 Å². The van der Waals surface area contributed by atoms with Gasteiger partial charge in [-0.1, -0.05) is 6.07 Å². The Balaban J connectivity index is 2.21.